The molecule has 4 nitrogen and oxygen atoms in total. The van der Waals surface area contributed by atoms with Crippen molar-refractivity contribution in [1.29, 1.82) is 0 Å². The van der Waals surface area contributed by atoms with Gasteiger partial charge in [-0.1, -0.05) is 27.2 Å². The smallest absolute Gasteiger partial charge is 0.329 e. The van der Waals surface area contributed by atoms with Gasteiger partial charge in [0.25, 0.3) is 0 Å². The Morgan fingerprint density at radius 1 is 1.50 bits per heavy atom. The molecule has 0 bridgehead atoms. The molecule has 0 aromatic rings. The lowest BCUT2D eigenvalue weighted by atomic mass is 9.95. The second kappa shape index (κ2) is 4.07. The Balaban J connectivity index is 2.63. The molecule has 2 atom stereocenters. The highest BCUT2D eigenvalue weighted by Crippen LogP contribution is 2.51. The molecule has 0 radical (unpaired) electrons. The molecule has 4 heteroatoms. The summed E-state index contributed by atoms with van der Waals surface area (Å²) in [5.74, 6) is -1.10. The standard InChI is InChI=1S/C12H21NO3/c1-5-6-12(4,10(15)16)13-9(14)8-7-11(8,2)3/h8H,5-7H2,1-4H3,(H,13,14)(H,15,16). The maximum absolute atomic E-state index is 11.8. The van der Waals surface area contributed by atoms with Gasteiger partial charge in [0.1, 0.15) is 5.54 Å². The largest absolute Gasteiger partial charge is 0.480 e. The topological polar surface area (TPSA) is 66.4 Å². The van der Waals surface area contributed by atoms with E-state index in [9.17, 15) is 9.59 Å². The zero-order chi connectivity index (χ0) is 12.6. The van der Waals surface area contributed by atoms with Crippen molar-refractivity contribution in [1.82, 2.24) is 5.32 Å². The van der Waals surface area contributed by atoms with Crippen molar-refractivity contribution in [3.8, 4) is 0 Å². The predicted octanol–water partition coefficient (Wildman–Crippen LogP) is 1.79. The molecule has 0 aliphatic heterocycles. The van der Waals surface area contributed by atoms with Gasteiger partial charge in [0.05, 0.1) is 0 Å². The van der Waals surface area contributed by atoms with Gasteiger partial charge in [-0.15, -0.1) is 0 Å². The van der Waals surface area contributed by atoms with Crippen molar-refractivity contribution in [2.24, 2.45) is 11.3 Å². The van der Waals surface area contributed by atoms with Crippen molar-refractivity contribution in [3.63, 3.8) is 0 Å². The van der Waals surface area contributed by atoms with Crippen molar-refractivity contribution in [2.75, 3.05) is 0 Å². The summed E-state index contributed by atoms with van der Waals surface area (Å²) in [5, 5.41) is 11.8. The molecule has 92 valence electrons. The van der Waals surface area contributed by atoms with Gasteiger partial charge in [0, 0.05) is 5.92 Å². The van der Waals surface area contributed by atoms with Gasteiger partial charge in [-0.2, -0.15) is 0 Å². The number of carboxylic acid groups (broad SMARTS) is 1. The summed E-state index contributed by atoms with van der Waals surface area (Å²) in [6, 6.07) is 0. The number of aliphatic carboxylic acids is 1. The van der Waals surface area contributed by atoms with Crippen molar-refractivity contribution < 1.29 is 14.7 Å². The Hall–Kier alpha value is -1.06. The lowest BCUT2D eigenvalue weighted by Crippen LogP contribution is -2.52. The Kier molecular flexibility index (Phi) is 3.31. The fourth-order valence-electron chi connectivity index (χ4n) is 2.00. The van der Waals surface area contributed by atoms with Gasteiger partial charge in [0.15, 0.2) is 0 Å². The van der Waals surface area contributed by atoms with Crippen LogP contribution in [0.4, 0.5) is 0 Å². The van der Waals surface area contributed by atoms with Crippen LogP contribution in [0.15, 0.2) is 0 Å². The molecular formula is C12H21NO3. The molecule has 1 saturated carbocycles. The molecule has 2 N–H and O–H groups in total. The molecule has 0 aromatic heterocycles. The number of hydrogen-bond donors (Lipinski definition) is 2. The first-order valence-corrected chi connectivity index (χ1v) is 5.78. The molecule has 16 heavy (non-hydrogen) atoms. The van der Waals surface area contributed by atoms with Crippen LogP contribution in [0, 0.1) is 11.3 Å². The number of hydrogen-bond acceptors (Lipinski definition) is 2. The summed E-state index contributed by atoms with van der Waals surface area (Å²) in [5.41, 5.74) is -1.08. The zero-order valence-electron chi connectivity index (χ0n) is 10.5. The summed E-state index contributed by atoms with van der Waals surface area (Å²) in [6.07, 6.45) is 2.04. The number of rotatable bonds is 5. The molecule has 1 rings (SSSR count). The van der Waals surface area contributed by atoms with E-state index < -0.39 is 11.5 Å². The van der Waals surface area contributed by atoms with Crippen LogP contribution in [0.2, 0.25) is 0 Å². The van der Waals surface area contributed by atoms with Crippen LogP contribution in [0.25, 0.3) is 0 Å². The van der Waals surface area contributed by atoms with E-state index >= 15 is 0 Å². The van der Waals surface area contributed by atoms with E-state index in [-0.39, 0.29) is 17.2 Å². The minimum Gasteiger partial charge on any atom is -0.480 e. The maximum Gasteiger partial charge on any atom is 0.329 e. The third-order valence-corrected chi connectivity index (χ3v) is 3.45. The zero-order valence-corrected chi connectivity index (χ0v) is 10.5. The van der Waals surface area contributed by atoms with E-state index in [4.69, 9.17) is 5.11 Å². The highest BCUT2D eigenvalue weighted by atomic mass is 16.4. The first kappa shape index (κ1) is 13.0. The summed E-state index contributed by atoms with van der Waals surface area (Å²) in [6.45, 7) is 7.53. The van der Waals surface area contributed by atoms with Crippen molar-refractivity contribution >= 4 is 11.9 Å². The van der Waals surface area contributed by atoms with E-state index in [1.165, 1.54) is 0 Å². The molecule has 1 aliphatic rings. The van der Waals surface area contributed by atoms with Crippen LogP contribution >= 0.6 is 0 Å². The van der Waals surface area contributed by atoms with Crippen LogP contribution in [0.3, 0.4) is 0 Å². The Morgan fingerprint density at radius 3 is 2.31 bits per heavy atom. The third-order valence-electron chi connectivity index (χ3n) is 3.45. The van der Waals surface area contributed by atoms with Gasteiger partial charge in [-0.25, -0.2) is 4.79 Å². The van der Waals surface area contributed by atoms with E-state index in [0.717, 1.165) is 12.8 Å². The van der Waals surface area contributed by atoms with Crippen LogP contribution in [0.1, 0.15) is 47.0 Å². The average Bonchev–Trinajstić information content (AvgIpc) is 2.75. The fraction of sp³-hybridized carbons (Fsp3) is 0.833. The third kappa shape index (κ3) is 2.54. The van der Waals surface area contributed by atoms with E-state index in [1.54, 1.807) is 6.92 Å². The molecule has 0 heterocycles. The van der Waals surface area contributed by atoms with Gasteiger partial charge in [-0.3, -0.25) is 4.79 Å². The summed E-state index contributed by atoms with van der Waals surface area (Å²) >= 11 is 0. The normalized spacial score (nSPS) is 25.6. The SMILES string of the molecule is CCCC(C)(NC(=O)C1CC1(C)C)C(=O)O. The first-order valence-electron chi connectivity index (χ1n) is 5.78. The molecular weight excluding hydrogens is 206 g/mol. The molecule has 0 aromatic carbocycles. The van der Waals surface area contributed by atoms with Crippen molar-refractivity contribution in [2.45, 2.75) is 52.5 Å². The van der Waals surface area contributed by atoms with Gasteiger partial charge >= 0.3 is 5.97 Å². The quantitative estimate of drug-likeness (QED) is 0.752. The van der Waals surface area contributed by atoms with E-state index in [2.05, 4.69) is 5.32 Å². The molecule has 0 saturated heterocycles. The molecule has 1 aliphatic carbocycles. The van der Waals surface area contributed by atoms with Crippen LogP contribution in [0.5, 0.6) is 0 Å². The monoisotopic (exact) mass is 227 g/mol. The highest BCUT2D eigenvalue weighted by Gasteiger charge is 2.52. The van der Waals surface area contributed by atoms with Gasteiger partial charge in [-0.05, 0) is 25.2 Å². The van der Waals surface area contributed by atoms with Crippen molar-refractivity contribution in [3.05, 3.63) is 0 Å². The predicted molar refractivity (Wildman–Crippen MR) is 61.0 cm³/mol. The summed E-state index contributed by atoms with van der Waals surface area (Å²) in [4.78, 5) is 23.0. The van der Waals surface area contributed by atoms with Crippen LogP contribution in [-0.2, 0) is 9.59 Å². The summed E-state index contributed by atoms with van der Waals surface area (Å²) in [7, 11) is 0. The lowest BCUT2D eigenvalue weighted by Gasteiger charge is -2.26. The van der Waals surface area contributed by atoms with Crippen LogP contribution < -0.4 is 5.32 Å². The Labute approximate surface area is 96.4 Å². The minimum atomic E-state index is -1.12. The van der Waals surface area contributed by atoms with Crippen LogP contribution in [-0.4, -0.2) is 22.5 Å². The molecule has 0 spiro atoms. The average molecular weight is 227 g/mol. The second-order valence-electron chi connectivity index (χ2n) is 5.62. The second-order valence-corrected chi connectivity index (χ2v) is 5.62. The molecule has 1 amide bonds. The Morgan fingerprint density at radius 2 is 2.00 bits per heavy atom. The number of amides is 1. The van der Waals surface area contributed by atoms with E-state index in [0.29, 0.717) is 6.42 Å². The number of carbonyl (C=O) groups excluding carboxylic acids is 1. The summed E-state index contributed by atoms with van der Waals surface area (Å²) < 4.78 is 0. The minimum absolute atomic E-state index is 0.0250. The first-order chi connectivity index (χ1) is 7.23. The van der Waals surface area contributed by atoms with E-state index in [1.807, 2.05) is 20.8 Å². The lowest BCUT2D eigenvalue weighted by molar-refractivity contribution is -0.147. The maximum atomic E-state index is 11.8. The number of carboxylic acids is 1. The fourth-order valence-corrected chi connectivity index (χ4v) is 2.00. The molecule has 1 fully saturated rings. The highest BCUT2D eigenvalue weighted by molar-refractivity contribution is 5.89. The van der Waals surface area contributed by atoms with Gasteiger partial charge < -0.3 is 10.4 Å². The Bertz CT molecular complexity index is 311. The number of carbonyl (C=O) groups is 2. The number of nitrogens with one attached hydrogen (secondary N) is 1. The molecule has 2 unspecified atom stereocenters. The van der Waals surface area contributed by atoms with Gasteiger partial charge in [0.2, 0.25) is 5.91 Å².